The Kier molecular flexibility index (Phi) is 11.7. The predicted octanol–water partition coefficient (Wildman–Crippen LogP) is 3.31. The third-order valence-electron chi connectivity index (χ3n) is 7.14. The first-order valence-corrected chi connectivity index (χ1v) is 14.4. The number of unbranched alkanes of at least 4 members (excludes halogenated alkanes) is 2. The van der Waals surface area contributed by atoms with E-state index in [1.807, 2.05) is 0 Å². The van der Waals surface area contributed by atoms with Crippen molar-refractivity contribution < 1.29 is 64.9 Å². The van der Waals surface area contributed by atoms with E-state index in [0.29, 0.717) is 25.9 Å². The maximum Gasteiger partial charge on any atom is 0.313 e. The summed E-state index contributed by atoms with van der Waals surface area (Å²) in [6, 6.07) is 3.27. The third kappa shape index (κ3) is 8.15. The maximum absolute atomic E-state index is 13.6. The molecule has 2 aliphatic heterocycles. The Hall–Kier alpha value is -4.77. The molecule has 0 aromatic heterocycles. The molecular formula is C30H28F5N3O9. The Morgan fingerprint density at radius 3 is 2.15 bits per heavy atom. The lowest BCUT2D eigenvalue weighted by atomic mass is 10.0. The number of nitrogens with zero attached hydrogens (tertiary/aromatic N) is 1. The second-order valence-corrected chi connectivity index (χ2v) is 10.4. The Morgan fingerprint density at radius 2 is 1.47 bits per heavy atom. The van der Waals surface area contributed by atoms with E-state index in [-0.39, 0.29) is 55.9 Å². The number of hydrogen-bond acceptors (Lipinski definition) is 9. The number of imide groups is 2. The molecule has 0 aliphatic carbocycles. The monoisotopic (exact) mass is 669 g/mol. The van der Waals surface area contributed by atoms with Crippen molar-refractivity contribution in [3.8, 4) is 5.75 Å². The zero-order chi connectivity index (χ0) is 34.2. The fourth-order valence-corrected chi connectivity index (χ4v) is 4.81. The summed E-state index contributed by atoms with van der Waals surface area (Å²) in [5, 5.41) is 4.76. The number of halogens is 5. The van der Waals surface area contributed by atoms with Crippen LogP contribution in [0.5, 0.6) is 5.75 Å². The number of rotatable bonds is 15. The van der Waals surface area contributed by atoms with Crippen molar-refractivity contribution in [1.82, 2.24) is 10.2 Å². The number of hydrogen-bond donors (Lipinski definition) is 2. The molecule has 12 nitrogen and oxygen atoms in total. The molecular weight excluding hydrogens is 641 g/mol. The van der Waals surface area contributed by atoms with Crippen LogP contribution in [0, 0.1) is 29.1 Å². The van der Waals surface area contributed by atoms with Gasteiger partial charge in [-0.25, -0.2) is 13.2 Å². The van der Waals surface area contributed by atoms with E-state index >= 15 is 0 Å². The summed E-state index contributed by atoms with van der Waals surface area (Å²) in [7, 11) is 0. The Bertz CT molecular complexity index is 1570. The molecule has 47 heavy (non-hydrogen) atoms. The number of fused-ring (bicyclic) bond motifs is 1. The fourth-order valence-electron chi connectivity index (χ4n) is 4.81. The Labute approximate surface area is 263 Å². The molecule has 2 N–H and O–H groups in total. The van der Waals surface area contributed by atoms with Crippen molar-refractivity contribution >= 4 is 41.2 Å². The fraction of sp³-hybridized carbons (Fsp3) is 0.400. The SMILES string of the molecule is O=C1CCC(N2C(=O)c3cccc(NC(=O)CCCCCOCCOCCC(=O)Oc4c(F)c(F)c(F)c(F)c4F)c3C2=O)C(=O)N1. The number of amides is 5. The van der Waals surface area contributed by atoms with Crippen LogP contribution >= 0.6 is 0 Å². The topological polar surface area (TPSA) is 157 Å². The van der Waals surface area contributed by atoms with Crippen LogP contribution < -0.4 is 15.4 Å². The van der Waals surface area contributed by atoms with Gasteiger partial charge in [-0.3, -0.25) is 39.0 Å². The van der Waals surface area contributed by atoms with Gasteiger partial charge in [0.05, 0.1) is 43.1 Å². The van der Waals surface area contributed by atoms with Crippen LogP contribution in [0.4, 0.5) is 27.6 Å². The van der Waals surface area contributed by atoms with E-state index in [1.165, 1.54) is 18.2 Å². The summed E-state index contributed by atoms with van der Waals surface area (Å²) in [6.07, 6.45) is 1.21. The van der Waals surface area contributed by atoms with Crippen LogP contribution in [-0.4, -0.2) is 72.9 Å². The standard InChI is InChI=1S/C30H28F5N3O9/c31-22-23(32)25(34)27(26(35)24(22)33)47-20(41)10-12-46-14-13-45-11-3-1-2-7-18(39)36-16-6-4-5-15-21(16)30(44)38(29(15)43)17-8-9-19(40)37-28(17)42/h4-6,17H,1-3,7-14H2,(H,36,39)(H,37,40,42). The second-order valence-electron chi connectivity index (χ2n) is 10.4. The van der Waals surface area contributed by atoms with Gasteiger partial charge in [-0.1, -0.05) is 12.5 Å². The highest BCUT2D eigenvalue weighted by atomic mass is 19.2. The number of carbonyl (C=O) groups excluding carboxylic acids is 6. The first-order valence-electron chi connectivity index (χ1n) is 14.4. The molecule has 17 heteroatoms. The normalized spacial score (nSPS) is 15.9. The molecule has 252 valence electrons. The summed E-state index contributed by atoms with van der Waals surface area (Å²) in [6.45, 7) is 0.189. The van der Waals surface area contributed by atoms with Crippen molar-refractivity contribution in [2.45, 2.75) is 51.0 Å². The van der Waals surface area contributed by atoms with Crippen molar-refractivity contribution in [2.75, 3.05) is 31.7 Å². The van der Waals surface area contributed by atoms with Crippen LogP contribution in [0.3, 0.4) is 0 Å². The number of carbonyl (C=O) groups is 6. The van der Waals surface area contributed by atoms with Crippen molar-refractivity contribution in [2.24, 2.45) is 0 Å². The van der Waals surface area contributed by atoms with Crippen LogP contribution in [0.1, 0.15) is 65.7 Å². The number of piperidine rings is 1. The summed E-state index contributed by atoms with van der Waals surface area (Å²) < 4.78 is 81.3. The second kappa shape index (κ2) is 15.7. The van der Waals surface area contributed by atoms with Gasteiger partial charge < -0.3 is 19.5 Å². The lowest BCUT2D eigenvalue weighted by Crippen LogP contribution is -2.54. The molecule has 0 radical (unpaired) electrons. The summed E-state index contributed by atoms with van der Waals surface area (Å²) in [5.74, 6) is -17.4. The van der Waals surface area contributed by atoms with Crippen molar-refractivity contribution in [3.63, 3.8) is 0 Å². The van der Waals surface area contributed by atoms with Gasteiger partial charge in [0.25, 0.3) is 11.8 Å². The first kappa shape index (κ1) is 35.1. The first-order chi connectivity index (χ1) is 22.4. The van der Waals surface area contributed by atoms with E-state index in [1.54, 1.807) is 0 Å². The molecule has 1 atom stereocenters. The summed E-state index contributed by atoms with van der Waals surface area (Å²) in [4.78, 5) is 74.8. The van der Waals surface area contributed by atoms with Gasteiger partial charge in [-0.15, -0.1) is 0 Å². The van der Waals surface area contributed by atoms with E-state index < -0.39 is 82.8 Å². The van der Waals surface area contributed by atoms with Crippen LogP contribution in [0.25, 0.3) is 0 Å². The number of ether oxygens (including phenoxy) is 3. The molecule has 4 rings (SSSR count). The minimum Gasteiger partial charge on any atom is -0.420 e. The van der Waals surface area contributed by atoms with Gasteiger partial charge in [-0.2, -0.15) is 8.78 Å². The maximum atomic E-state index is 13.6. The van der Waals surface area contributed by atoms with Gasteiger partial charge in [0.1, 0.15) is 6.04 Å². The molecule has 2 aromatic carbocycles. The highest BCUT2D eigenvalue weighted by Crippen LogP contribution is 2.33. The van der Waals surface area contributed by atoms with Gasteiger partial charge in [0.15, 0.2) is 0 Å². The minimum absolute atomic E-state index is 0.00571. The van der Waals surface area contributed by atoms with Gasteiger partial charge in [-0.05, 0) is 31.4 Å². The van der Waals surface area contributed by atoms with Crippen LogP contribution in [0.15, 0.2) is 18.2 Å². The molecule has 2 aromatic rings. The highest BCUT2D eigenvalue weighted by molar-refractivity contribution is 6.26. The lowest BCUT2D eigenvalue weighted by Gasteiger charge is -2.27. The van der Waals surface area contributed by atoms with E-state index in [0.717, 1.165) is 4.90 Å². The smallest absolute Gasteiger partial charge is 0.313 e. The molecule has 2 aliphatic rings. The molecule has 0 bridgehead atoms. The number of nitrogens with one attached hydrogen (secondary N) is 2. The quantitative estimate of drug-likeness (QED) is 0.0552. The van der Waals surface area contributed by atoms with Gasteiger partial charge in [0.2, 0.25) is 52.6 Å². The number of benzene rings is 2. The van der Waals surface area contributed by atoms with E-state index in [2.05, 4.69) is 15.4 Å². The average Bonchev–Trinajstić information content (AvgIpc) is 3.29. The highest BCUT2D eigenvalue weighted by Gasteiger charge is 2.45. The Balaban J connectivity index is 1.09. The van der Waals surface area contributed by atoms with Crippen LogP contribution in [-0.2, 0) is 28.7 Å². The average molecular weight is 670 g/mol. The third-order valence-corrected chi connectivity index (χ3v) is 7.14. The van der Waals surface area contributed by atoms with E-state index in [4.69, 9.17) is 9.47 Å². The summed E-state index contributed by atoms with van der Waals surface area (Å²) in [5.41, 5.74) is 0.155. The molecule has 1 unspecified atom stereocenters. The zero-order valence-electron chi connectivity index (χ0n) is 24.6. The minimum atomic E-state index is -2.37. The molecule has 5 amide bonds. The predicted molar refractivity (Wildman–Crippen MR) is 148 cm³/mol. The lowest BCUT2D eigenvalue weighted by molar-refractivity contribution is -0.137. The van der Waals surface area contributed by atoms with E-state index in [9.17, 15) is 50.7 Å². The molecule has 1 fully saturated rings. The molecule has 0 spiro atoms. The molecule has 1 saturated heterocycles. The summed E-state index contributed by atoms with van der Waals surface area (Å²) >= 11 is 0. The van der Waals surface area contributed by atoms with Gasteiger partial charge in [0, 0.05) is 19.4 Å². The molecule has 2 heterocycles. The zero-order valence-corrected chi connectivity index (χ0v) is 24.6. The van der Waals surface area contributed by atoms with Crippen molar-refractivity contribution in [3.05, 3.63) is 58.4 Å². The Morgan fingerprint density at radius 1 is 0.809 bits per heavy atom. The van der Waals surface area contributed by atoms with Crippen molar-refractivity contribution in [1.29, 1.82) is 0 Å². The van der Waals surface area contributed by atoms with Crippen LogP contribution in [0.2, 0.25) is 0 Å². The largest absolute Gasteiger partial charge is 0.420 e. The number of anilines is 1. The molecule has 0 saturated carbocycles. The van der Waals surface area contributed by atoms with Gasteiger partial charge >= 0.3 is 5.97 Å². The number of esters is 1.